The number of amides is 1. The lowest BCUT2D eigenvalue weighted by molar-refractivity contribution is -0.276. The molecule has 2 aliphatic rings. The molecule has 7 nitrogen and oxygen atoms in total. The number of rotatable bonds is 9. The van der Waals surface area contributed by atoms with Gasteiger partial charge in [0.1, 0.15) is 5.82 Å². The molecule has 216 valence electrons. The number of fused-ring (bicyclic) bond motifs is 1. The van der Waals surface area contributed by atoms with Crippen LogP contribution >= 0.6 is 0 Å². The predicted octanol–water partition coefficient (Wildman–Crippen LogP) is 5.61. The quantitative estimate of drug-likeness (QED) is 0.325. The van der Waals surface area contributed by atoms with Gasteiger partial charge < -0.3 is 23.8 Å². The summed E-state index contributed by atoms with van der Waals surface area (Å²) in [7, 11) is 5.22. The Hall–Kier alpha value is -2.81. The first-order valence-electron chi connectivity index (χ1n) is 14.4. The normalized spacial score (nSPS) is 20.3. The zero-order valence-electron chi connectivity index (χ0n) is 24.9. The number of carbonyl (C=O) groups is 1. The van der Waals surface area contributed by atoms with E-state index >= 15 is 0 Å². The van der Waals surface area contributed by atoms with Crippen molar-refractivity contribution in [3.8, 4) is 5.69 Å². The van der Waals surface area contributed by atoms with Crippen LogP contribution in [0.25, 0.3) is 16.6 Å². The predicted molar refractivity (Wildman–Crippen MR) is 155 cm³/mol. The van der Waals surface area contributed by atoms with Gasteiger partial charge in [0, 0.05) is 70.5 Å². The summed E-state index contributed by atoms with van der Waals surface area (Å²) in [6.45, 7) is 10.5. The third-order valence-electron chi connectivity index (χ3n) is 9.50. The lowest BCUT2D eigenvalue weighted by atomic mass is 9.74. The summed E-state index contributed by atoms with van der Waals surface area (Å²) >= 11 is 0. The second kappa shape index (κ2) is 11.2. The van der Waals surface area contributed by atoms with Gasteiger partial charge in [-0.05, 0) is 88.2 Å². The minimum Gasteiger partial charge on any atom is -0.353 e. The van der Waals surface area contributed by atoms with Crippen molar-refractivity contribution in [2.45, 2.75) is 71.2 Å². The number of likely N-dealkylation sites (tertiary alicyclic amines) is 1. The summed E-state index contributed by atoms with van der Waals surface area (Å²) in [6.07, 6.45) is 9.86. The number of pyridine rings is 1. The van der Waals surface area contributed by atoms with E-state index < -0.39 is 11.6 Å². The first-order valence-corrected chi connectivity index (χ1v) is 14.4. The smallest absolute Gasteiger partial charge is 0.256 e. The molecule has 2 aromatic heterocycles. The topological polar surface area (TPSA) is 59.8 Å². The van der Waals surface area contributed by atoms with Gasteiger partial charge in [-0.1, -0.05) is 0 Å². The second-order valence-corrected chi connectivity index (χ2v) is 12.1. The number of aromatic nitrogens is 2. The van der Waals surface area contributed by atoms with E-state index in [-0.39, 0.29) is 11.9 Å². The average molecular weight is 551 g/mol. The van der Waals surface area contributed by atoms with Crippen molar-refractivity contribution >= 4 is 16.8 Å². The van der Waals surface area contributed by atoms with E-state index in [1.807, 2.05) is 30.8 Å². The van der Waals surface area contributed by atoms with Crippen molar-refractivity contribution < 1.29 is 18.7 Å². The Morgan fingerprint density at radius 3 is 2.60 bits per heavy atom. The van der Waals surface area contributed by atoms with Crippen LogP contribution in [0.3, 0.4) is 0 Å². The third kappa shape index (κ3) is 5.17. The lowest BCUT2D eigenvalue weighted by Gasteiger charge is -2.49. The van der Waals surface area contributed by atoms with Gasteiger partial charge in [0.2, 0.25) is 0 Å². The van der Waals surface area contributed by atoms with Crippen LogP contribution in [0.2, 0.25) is 0 Å². The van der Waals surface area contributed by atoms with Crippen molar-refractivity contribution in [1.29, 1.82) is 0 Å². The highest BCUT2D eigenvalue weighted by atomic mass is 19.1. The van der Waals surface area contributed by atoms with E-state index in [2.05, 4.69) is 29.9 Å². The molecule has 2 atom stereocenters. The Balaban J connectivity index is 1.41. The van der Waals surface area contributed by atoms with Crippen molar-refractivity contribution in [2.75, 3.05) is 34.4 Å². The Morgan fingerprint density at radius 1 is 1.20 bits per heavy atom. The number of carbonyl (C=O) groups excluding carboxylic acids is 1. The second-order valence-electron chi connectivity index (χ2n) is 12.1. The number of nitrogens with zero attached hydrogens (tertiary/aromatic N) is 4. The molecule has 3 aromatic rings. The molecule has 5 rings (SSSR count). The summed E-state index contributed by atoms with van der Waals surface area (Å²) in [4.78, 5) is 22.1. The molecule has 0 bridgehead atoms. The van der Waals surface area contributed by atoms with Crippen LogP contribution in [-0.2, 0) is 15.9 Å². The number of aryl methyl sites for hydroxylation is 1. The Kier molecular flexibility index (Phi) is 8.06. The molecule has 1 aliphatic carbocycles. The molecule has 8 heteroatoms. The van der Waals surface area contributed by atoms with Crippen molar-refractivity contribution in [3.05, 3.63) is 59.3 Å². The number of hydrogen-bond donors (Lipinski definition) is 0. The van der Waals surface area contributed by atoms with Crippen LogP contribution in [0.15, 0.2) is 36.8 Å². The maximum Gasteiger partial charge on any atom is 0.256 e. The van der Waals surface area contributed by atoms with Crippen LogP contribution in [0.4, 0.5) is 4.39 Å². The van der Waals surface area contributed by atoms with Crippen LogP contribution in [0, 0.1) is 24.6 Å². The molecule has 1 aliphatic heterocycles. The van der Waals surface area contributed by atoms with E-state index in [9.17, 15) is 9.18 Å². The molecule has 1 amide bonds. The van der Waals surface area contributed by atoms with E-state index in [0.717, 1.165) is 49.9 Å². The number of halogens is 1. The lowest BCUT2D eigenvalue weighted by Crippen LogP contribution is -2.54. The minimum atomic E-state index is -0.421. The van der Waals surface area contributed by atoms with Crippen molar-refractivity contribution in [1.82, 2.24) is 19.4 Å². The summed E-state index contributed by atoms with van der Waals surface area (Å²) in [5, 5.41) is 1.17. The summed E-state index contributed by atoms with van der Waals surface area (Å²) in [5.41, 5.74) is 4.32. The van der Waals surface area contributed by atoms with Crippen LogP contribution in [-0.4, -0.2) is 77.5 Å². The van der Waals surface area contributed by atoms with Gasteiger partial charge in [-0.25, -0.2) is 4.39 Å². The van der Waals surface area contributed by atoms with Crippen molar-refractivity contribution in [3.63, 3.8) is 0 Å². The molecule has 0 spiro atoms. The number of ether oxygens (including phenoxy) is 2. The number of benzene rings is 1. The molecule has 1 aromatic carbocycles. The van der Waals surface area contributed by atoms with Crippen LogP contribution < -0.4 is 0 Å². The number of methoxy groups -OCH3 is 2. The Morgan fingerprint density at radius 2 is 1.93 bits per heavy atom. The van der Waals surface area contributed by atoms with E-state index in [4.69, 9.17) is 9.47 Å². The van der Waals surface area contributed by atoms with Gasteiger partial charge >= 0.3 is 0 Å². The maximum atomic E-state index is 14.4. The molecule has 0 radical (unpaired) electrons. The first-order chi connectivity index (χ1) is 19.1. The third-order valence-corrected chi connectivity index (χ3v) is 9.50. The van der Waals surface area contributed by atoms with E-state index in [1.54, 1.807) is 32.2 Å². The fraction of sp³-hybridized carbons (Fsp3) is 0.562. The van der Waals surface area contributed by atoms with E-state index in [0.29, 0.717) is 29.1 Å². The largest absolute Gasteiger partial charge is 0.353 e. The SMILES string of the molecule is COC1(OC)CC(C(C)N2CC[C@H](Cc3cn(-c4ccc(F)cc4C(=O)N(C)C(C)C)c4cncc(C)c34)C2)C1. The molecule has 2 fully saturated rings. The highest BCUT2D eigenvalue weighted by Crippen LogP contribution is 2.45. The van der Waals surface area contributed by atoms with Gasteiger partial charge in [0.25, 0.3) is 5.91 Å². The molecular formula is C32H43FN4O3. The number of hydrogen-bond acceptors (Lipinski definition) is 5. The van der Waals surface area contributed by atoms with E-state index in [1.165, 1.54) is 23.1 Å². The Labute approximate surface area is 237 Å². The molecule has 0 N–H and O–H groups in total. The van der Waals surface area contributed by atoms with Gasteiger partial charge in [-0.2, -0.15) is 0 Å². The molecule has 1 unspecified atom stereocenters. The standard InChI is InChI=1S/C32H43FN4O3/c1-20(2)35(5)31(38)27-13-26(33)8-9-28(27)37-19-24(30-21(3)16-34-17-29(30)37)12-23-10-11-36(18-23)22(4)25-14-32(15-25,39-6)40-7/h8-9,13,16-17,19-20,22-23,25H,10-12,14-15,18H2,1-7H3/t22?,23-/m1/s1. The average Bonchev–Trinajstić information content (AvgIpc) is 3.53. The van der Waals surface area contributed by atoms with Crippen LogP contribution in [0.1, 0.15) is 61.5 Å². The fourth-order valence-electron chi connectivity index (χ4n) is 6.61. The van der Waals surface area contributed by atoms with Gasteiger partial charge in [-0.3, -0.25) is 9.78 Å². The highest BCUT2D eigenvalue weighted by molar-refractivity contribution is 5.99. The summed E-state index contributed by atoms with van der Waals surface area (Å²) in [6, 6.07) is 4.97. The molecule has 1 saturated heterocycles. The van der Waals surface area contributed by atoms with Crippen LogP contribution in [0.5, 0.6) is 0 Å². The molecule has 3 heterocycles. The maximum absolute atomic E-state index is 14.4. The van der Waals surface area contributed by atoms with Gasteiger partial charge in [0.15, 0.2) is 5.79 Å². The first kappa shape index (κ1) is 28.7. The summed E-state index contributed by atoms with van der Waals surface area (Å²) < 4.78 is 27.7. The molecule has 1 saturated carbocycles. The Bertz CT molecular complexity index is 1370. The highest BCUT2D eigenvalue weighted by Gasteiger charge is 2.48. The van der Waals surface area contributed by atoms with Gasteiger partial charge in [0.05, 0.1) is 23.0 Å². The molecular weight excluding hydrogens is 507 g/mol. The monoisotopic (exact) mass is 550 g/mol. The summed E-state index contributed by atoms with van der Waals surface area (Å²) in [5.74, 6) is 0.0826. The zero-order valence-corrected chi connectivity index (χ0v) is 24.9. The van der Waals surface area contributed by atoms with Crippen molar-refractivity contribution in [2.24, 2.45) is 11.8 Å². The minimum absolute atomic E-state index is 0.00227. The molecule has 40 heavy (non-hydrogen) atoms. The van der Waals surface area contributed by atoms with Gasteiger partial charge in [-0.15, -0.1) is 0 Å². The fourth-order valence-corrected chi connectivity index (χ4v) is 6.61. The zero-order chi connectivity index (χ0) is 28.8.